The summed E-state index contributed by atoms with van der Waals surface area (Å²) in [4.78, 5) is 13.8. The maximum absolute atomic E-state index is 13.0. The van der Waals surface area contributed by atoms with E-state index < -0.39 is 17.0 Å². The quantitative estimate of drug-likeness (QED) is 0.789. The zero-order valence-corrected chi connectivity index (χ0v) is 17.2. The molecule has 0 aromatic heterocycles. The summed E-state index contributed by atoms with van der Waals surface area (Å²) in [5.74, 6) is -0.896. The van der Waals surface area contributed by atoms with Gasteiger partial charge in [-0.1, -0.05) is 29.3 Å². The fourth-order valence-corrected chi connectivity index (χ4v) is 4.77. The van der Waals surface area contributed by atoms with Crippen LogP contribution in [0.4, 0.5) is 5.69 Å². The smallest absolute Gasteiger partial charge is 0.307 e. The Kier molecular flexibility index (Phi) is 6.42. The number of hydrogen-bond acceptors (Lipinski definition) is 3. The van der Waals surface area contributed by atoms with E-state index in [2.05, 4.69) is 4.90 Å². The number of carbonyl (C=O) groups is 1. The maximum Gasteiger partial charge on any atom is 0.307 e. The molecular formula is C19H20Cl2N2O3S. The van der Waals surface area contributed by atoms with Gasteiger partial charge in [0.25, 0.3) is 0 Å². The molecule has 1 aliphatic rings. The molecular weight excluding hydrogens is 407 g/mol. The highest BCUT2D eigenvalue weighted by molar-refractivity contribution is 7.82. The molecule has 3 rings (SSSR count). The van der Waals surface area contributed by atoms with Gasteiger partial charge < -0.3 is 10.0 Å². The molecule has 0 aliphatic carbocycles. The number of halogens is 2. The largest absolute Gasteiger partial charge is 0.481 e. The minimum absolute atomic E-state index is 0.0724. The molecule has 0 amide bonds. The molecule has 8 heteroatoms. The molecule has 2 aromatic carbocycles. The van der Waals surface area contributed by atoms with Gasteiger partial charge in [-0.05, 0) is 48.4 Å². The van der Waals surface area contributed by atoms with Crippen LogP contribution in [0.3, 0.4) is 0 Å². The number of rotatable bonds is 5. The third-order valence-corrected chi connectivity index (χ3v) is 6.62. The van der Waals surface area contributed by atoms with Gasteiger partial charge in [-0.3, -0.25) is 4.79 Å². The molecule has 1 heterocycles. The van der Waals surface area contributed by atoms with E-state index in [4.69, 9.17) is 28.3 Å². The summed E-state index contributed by atoms with van der Waals surface area (Å²) >= 11 is 12.1. The zero-order valence-electron chi connectivity index (χ0n) is 14.8. The molecule has 1 fully saturated rings. The molecule has 0 bridgehead atoms. The lowest BCUT2D eigenvalue weighted by Crippen LogP contribution is -2.47. The van der Waals surface area contributed by atoms with Crippen LogP contribution in [0.1, 0.15) is 11.1 Å². The molecule has 1 saturated heterocycles. The number of aliphatic carboxylic acids is 1. The van der Waals surface area contributed by atoms with Crippen LogP contribution in [0, 0.1) is 6.92 Å². The summed E-state index contributed by atoms with van der Waals surface area (Å²) in [5.41, 5.74) is 2.57. The van der Waals surface area contributed by atoms with Gasteiger partial charge in [0.1, 0.15) is 11.0 Å². The topological polar surface area (TPSA) is 60.9 Å². The van der Waals surface area contributed by atoms with Gasteiger partial charge in [-0.2, -0.15) is 0 Å². The van der Waals surface area contributed by atoms with E-state index in [1.54, 1.807) is 12.1 Å². The number of nitrogens with zero attached hydrogens (tertiary/aromatic N) is 2. The van der Waals surface area contributed by atoms with E-state index >= 15 is 0 Å². The van der Waals surface area contributed by atoms with E-state index in [0.29, 0.717) is 33.6 Å². The lowest BCUT2D eigenvalue weighted by molar-refractivity contribution is -0.136. The van der Waals surface area contributed by atoms with Gasteiger partial charge >= 0.3 is 5.97 Å². The van der Waals surface area contributed by atoms with Crippen molar-refractivity contribution in [3.8, 4) is 0 Å². The van der Waals surface area contributed by atoms with Crippen LogP contribution in [-0.2, 0) is 22.2 Å². The van der Waals surface area contributed by atoms with E-state index in [1.165, 1.54) is 0 Å². The van der Waals surface area contributed by atoms with Crippen molar-refractivity contribution in [2.24, 2.45) is 0 Å². The summed E-state index contributed by atoms with van der Waals surface area (Å²) in [7, 11) is -1.32. The minimum atomic E-state index is -1.32. The molecule has 0 radical (unpaired) electrons. The molecule has 144 valence electrons. The van der Waals surface area contributed by atoms with Gasteiger partial charge in [-0.25, -0.2) is 8.51 Å². The lowest BCUT2D eigenvalue weighted by Gasteiger charge is -2.35. The van der Waals surface area contributed by atoms with Crippen molar-refractivity contribution < 1.29 is 14.1 Å². The molecule has 2 aromatic rings. The monoisotopic (exact) mass is 426 g/mol. The number of piperazine rings is 1. The van der Waals surface area contributed by atoms with Gasteiger partial charge in [0.15, 0.2) is 0 Å². The van der Waals surface area contributed by atoms with Crippen LogP contribution >= 0.6 is 23.2 Å². The number of carboxylic acids is 1. The number of carboxylic acid groups (broad SMARTS) is 1. The first kappa shape index (κ1) is 20.1. The summed E-state index contributed by atoms with van der Waals surface area (Å²) in [6.45, 7) is 4.59. The number of anilines is 1. The fourth-order valence-electron chi connectivity index (χ4n) is 3.14. The number of hydrogen-bond donors (Lipinski definition) is 1. The second kappa shape index (κ2) is 8.61. The number of benzene rings is 2. The third kappa shape index (κ3) is 5.02. The Morgan fingerprint density at radius 1 is 1.07 bits per heavy atom. The standard InChI is InChI=1S/C19H20Cl2N2O3S/c1-13-8-14(11-19(24)25)10-16(9-13)27(26)23-6-4-22(5-7-23)15-2-3-17(20)18(21)12-15/h2-3,8-10,12H,4-7,11H2,1H3,(H,24,25). The molecule has 1 unspecified atom stereocenters. The van der Waals surface area contributed by atoms with E-state index in [9.17, 15) is 9.00 Å². The average Bonchev–Trinajstić information content (AvgIpc) is 2.62. The maximum atomic E-state index is 13.0. The molecule has 27 heavy (non-hydrogen) atoms. The first-order chi connectivity index (χ1) is 12.8. The lowest BCUT2D eigenvalue weighted by atomic mass is 10.1. The van der Waals surface area contributed by atoms with Crippen LogP contribution in [0.15, 0.2) is 41.3 Å². The normalized spacial score (nSPS) is 16.3. The van der Waals surface area contributed by atoms with Crippen molar-refractivity contribution in [3.63, 3.8) is 0 Å². The number of aryl methyl sites for hydroxylation is 1. The molecule has 1 N–H and O–H groups in total. The van der Waals surface area contributed by atoms with Gasteiger partial charge in [0, 0.05) is 31.9 Å². The fraction of sp³-hybridized carbons (Fsp3) is 0.316. The van der Waals surface area contributed by atoms with Crippen LogP contribution in [-0.4, -0.2) is 45.8 Å². The Morgan fingerprint density at radius 2 is 1.78 bits per heavy atom. The predicted octanol–water partition coefficient (Wildman–Crippen LogP) is 3.77. The molecule has 1 atom stereocenters. The van der Waals surface area contributed by atoms with E-state index in [-0.39, 0.29) is 6.42 Å². The molecule has 0 spiro atoms. The van der Waals surface area contributed by atoms with Crippen molar-refractivity contribution in [2.45, 2.75) is 18.2 Å². The highest BCUT2D eigenvalue weighted by atomic mass is 35.5. The van der Waals surface area contributed by atoms with Crippen molar-refractivity contribution in [3.05, 3.63) is 57.6 Å². The van der Waals surface area contributed by atoms with Gasteiger partial charge in [-0.15, -0.1) is 0 Å². The summed E-state index contributed by atoms with van der Waals surface area (Å²) < 4.78 is 14.9. The van der Waals surface area contributed by atoms with Crippen LogP contribution in [0.25, 0.3) is 0 Å². The van der Waals surface area contributed by atoms with Crippen molar-refractivity contribution >= 4 is 45.8 Å². The SMILES string of the molecule is Cc1cc(CC(=O)O)cc(S(=O)N2CCN(c3ccc(Cl)c(Cl)c3)CC2)c1. The second-order valence-corrected chi connectivity index (χ2v) is 8.79. The first-order valence-electron chi connectivity index (χ1n) is 8.52. The summed E-state index contributed by atoms with van der Waals surface area (Å²) in [6, 6.07) is 10.9. The Hall–Kier alpha value is -1.60. The molecule has 0 saturated carbocycles. The van der Waals surface area contributed by atoms with Crippen molar-refractivity contribution in [1.82, 2.24) is 4.31 Å². The van der Waals surface area contributed by atoms with E-state index in [1.807, 2.05) is 35.5 Å². The molecule has 5 nitrogen and oxygen atoms in total. The Balaban J connectivity index is 1.68. The molecule has 1 aliphatic heterocycles. The summed E-state index contributed by atoms with van der Waals surface area (Å²) in [6.07, 6.45) is -0.0724. The van der Waals surface area contributed by atoms with Gasteiger partial charge in [0.2, 0.25) is 0 Å². The minimum Gasteiger partial charge on any atom is -0.481 e. The highest BCUT2D eigenvalue weighted by Gasteiger charge is 2.23. The Labute approximate surface area is 171 Å². The Bertz CT molecular complexity index is 883. The second-order valence-electron chi connectivity index (χ2n) is 6.49. The third-order valence-electron chi connectivity index (χ3n) is 4.41. The highest BCUT2D eigenvalue weighted by Crippen LogP contribution is 2.28. The van der Waals surface area contributed by atoms with Crippen molar-refractivity contribution in [2.75, 3.05) is 31.1 Å². The van der Waals surface area contributed by atoms with Crippen LogP contribution in [0.5, 0.6) is 0 Å². The van der Waals surface area contributed by atoms with E-state index in [0.717, 1.165) is 24.3 Å². The van der Waals surface area contributed by atoms with Crippen molar-refractivity contribution in [1.29, 1.82) is 0 Å². The first-order valence-corrected chi connectivity index (χ1v) is 10.4. The predicted molar refractivity (Wildman–Crippen MR) is 109 cm³/mol. The summed E-state index contributed by atoms with van der Waals surface area (Å²) in [5, 5.41) is 10.0. The zero-order chi connectivity index (χ0) is 19.6. The Morgan fingerprint density at radius 3 is 2.41 bits per heavy atom. The average molecular weight is 427 g/mol. The van der Waals surface area contributed by atoms with Crippen LogP contribution < -0.4 is 4.90 Å². The van der Waals surface area contributed by atoms with Crippen LogP contribution in [0.2, 0.25) is 10.0 Å². The van der Waals surface area contributed by atoms with Gasteiger partial charge in [0.05, 0.1) is 21.4 Å².